The van der Waals surface area contributed by atoms with Gasteiger partial charge in [-0.25, -0.2) is 14.6 Å². The molecule has 0 spiro atoms. The number of nitrogens with one attached hydrogen (secondary N) is 1. The molecule has 0 fully saturated rings. The molecule has 3 aromatic heterocycles. The fourth-order valence-electron chi connectivity index (χ4n) is 3.23. The Labute approximate surface area is 172 Å². The normalized spacial score (nSPS) is 12.1. The molecule has 0 aliphatic carbocycles. The summed E-state index contributed by atoms with van der Waals surface area (Å²) in [6.45, 7) is 5.90. The van der Waals surface area contributed by atoms with Gasteiger partial charge in [0, 0.05) is 4.88 Å². The second-order valence-electron chi connectivity index (χ2n) is 6.91. The van der Waals surface area contributed by atoms with Crippen molar-refractivity contribution < 1.29 is 9.53 Å². The molecule has 4 rings (SSSR count). The van der Waals surface area contributed by atoms with Gasteiger partial charge in [0.25, 0.3) is 5.91 Å². The highest BCUT2D eigenvalue weighted by molar-refractivity contribution is 7.10. The molecular formula is C21H21N5O2S. The first-order valence-electron chi connectivity index (χ1n) is 9.24. The monoisotopic (exact) mass is 407 g/mol. The van der Waals surface area contributed by atoms with Gasteiger partial charge in [-0.3, -0.25) is 4.79 Å². The van der Waals surface area contributed by atoms with Crippen LogP contribution in [0.2, 0.25) is 0 Å². The second-order valence-corrected chi connectivity index (χ2v) is 7.89. The standard InChI is InChI=1S/C21H21N5O2S/c1-13-7-14(2)9-16(8-13)26-20-17(10-24-26)21(23-12-22-20)28-11-19(27)25-15(3)18-5-4-6-29-18/h4-10,12,15H,11H2,1-3H3,(H,25,27). The lowest BCUT2D eigenvalue weighted by molar-refractivity contribution is -0.123. The van der Waals surface area contributed by atoms with Crippen molar-refractivity contribution in [3.63, 3.8) is 0 Å². The van der Waals surface area contributed by atoms with Crippen LogP contribution >= 0.6 is 11.3 Å². The molecule has 0 aliphatic rings. The van der Waals surface area contributed by atoms with Crippen LogP contribution in [-0.2, 0) is 4.79 Å². The van der Waals surface area contributed by atoms with E-state index in [0.29, 0.717) is 16.9 Å². The van der Waals surface area contributed by atoms with Crippen molar-refractivity contribution in [1.29, 1.82) is 0 Å². The third-order valence-electron chi connectivity index (χ3n) is 4.47. The minimum atomic E-state index is -0.209. The molecular weight excluding hydrogens is 386 g/mol. The Bertz CT molecular complexity index is 1130. The number of thiophene rings is 1. The second kappa shape index (κ2) is 8.00. The Morgan fingerprint density at radius 2 is 2.03 bits per heavy atom. The number of aromatic nitrogens is 4. The number of carbonyl (C=O) groups excluding carboxylic acids is 1. The minimum absolute atomic E-state index is 0.0659. The number of aryl methyl sites for hydroxylation is 2. The van der Waals surface area contributed by atoms with Crippen molar-refractivity contribution in [2.45, 2.75) is 26.8 Å². The summed E-state index contributed by atoms with van der Waals surface area (Å²) in [4.78, 5) is 21.9. The number of ether oxygens (including phenoxy) is 1. The van der Waals surface area contributed by atoms with E-state index in [-0.39, 0.29) is 18.6 Å². The Kier molecular flexibility index (Phi) is 5.26. The SMILES string of the molecule is Cc1cc(C)cc(-n2ncc3c(OCC(=O)NC(C)c4cccs4)ncnc32)c1. The minimum Gasteiger partial charge on any atom is -0.467 e. The molecule has 1 amide bonds. The molecule has 8 heteroatoms. The van der Waals surface area contributed by atoms with Crippen molar-refractivity contribution in [3.8, 4) is 11.6 Å². The number of hydrogen-bond acceptors (Lipinski definition) is 6. The molecule has 3 heterocycles. The fourth-order valence-corrected chi connectivity index (χ4v) is 3.96. The molecule has 29 heavy (non-hydrogen) atoms. The van der Waals surface area contributed by atoms with Gasteiger partial charge in [0.15, 0.2) is 12.3 Å². The number of carbonyl (C=O) groups is 1. The first kappa shape index (κ1) is 19.1. The molecule has 1 unspecified atom stereocenters. The average Bonchev–Trinajstić information content (AvgIpc) is 3.35. The van der Waals surface area contributed by atoms with Crippen LogP contribution in [0, 0.1) is 13.8 Å². The van der Waals surface area contributed by atoms with Gasteiger partial charge < -0.3 is 10.1 Å². The number of amides is 1. The highest BCUT2D eigenvalue weighted by Gasteiger charge is 2.15. The van der Waals surface area contributed by atoms with Crippen LogP contribution in [0.3, 0.4) is 0 Å². The molecule has 1 aromatic carbocycles. The highest BCUT2D eigenvalue weighted by atomic mass is 32.1. The number of hydrogen-bond donors (Lipinski definition) is 1. The third-order valence-corrected chi connectivity index (χ3v) is 5.52. The number of benzene rings is 1. The van der Waals surface area contributed by atoms with Crippen LogP contribution < -0.4 is 10.1 Å². The maximum Gasteiger partial charge on any atom is 0.258 e. The fraction of sp³-hybridized carbons (Fsp3) is 0.238. The molecule has 0 radical (unpaired) electrons. The predicted octanol–water partition coefficient (Wildman–Crippen LogP) is 3.75. The van der Waals surface area contributed by atoms with Gasteiger partial charge in [-0.2, -0.15) is 5.10 Å². The maximum absolute atomic E-state index is 12.3. The lowest BCUT2D eigenvalue weighted by Crippen LogP contribution is -2.31. The summed E-state index contributed by atoms with van der Waals surface area (Å²) in [5, 5.41) is 10.0. The van der Waals surface area contributed by atoms with Crippen molar-refractivity contribution in [1.82, 2.24) is 25.1 Å². The number of rotatable bonds is 6. The average molecular weight is 407 g/mol. The van der Waals surface area contributed by atoms with Gasteiger partial charge in [-0.05, 0) is 55.5 Å². The summed E-state index contributed by atoms with van der Waals surface area (Å²) in [5.74, 6) is 0.129. The van der Waals surface area contributed by atoms with E-state index in [1.807, 2.05) is 50.4 Å². The Hall–Kier alpha value is -3.26. The van der Waals surface area contributed by atoms with E-state index in [0.717, 1.165) is 21.7 Å². The lowest BCUT2D eigenvalue weighted by Gasteiger charge is -2.12. The van der Waals surface area contributed by atoms with Gasteiger partial charge in [-0.15, -0.1) is 11.3 Å². The molecule has 0 saturated carbocycles. The van der Waals surface area contributed by atoms with Crippen LogP contribution in [0.15, 0.2) is 48.2 Å². The van der Waals surface area contributed by atoms with Gasteiger partial charge in [0.05, 0.1) is 17.9 Å². The van der Waals surface area contributed by atoms with E-state index < -0.39 is 0 Å². The number of nitrogens with zero attached hydrogens (tertiary/aromatic N) is 4. The van der Waals surface area contributed by atoms with Crippen LogP contribution in [0.4, 0.5) is 0 Å². The molecule has 0 aliphatic heterocycles. The Morgan fingerprint density at radius 1 is 1.24 bits per heavy atom. The first-order valence-corrected chi connectivity index (χ1v) is 10.1. The lowest BCUT2D eigenvalue weighted by atomic mass is 10.1. The topological polar surface area (TPSA) is 81.9 Å². The molecule has 7 nitrogen and oxygen atoms in total. The third kappa shape index (κ3) is 4.12. The number of fused-ring (bicyclic) bond motifs is 1. The quantitative estimate of drug-likeness (QED) is 0.526. The van der Waals surface area contributed by atoms with Gasteiger partial charge in [-0.1, -0.05) is 12.1 Å². The summed E-state index contributed by atoms with van der Waals surface area (Å²) in [6.07, 6.45) is 3.08. The Morgan fingerprint density at radius 3 is 2.76 bits per heavy atom. The van der Waals surface area contributed by atoms with E-state index in [2.05, 4.69) is 26.4 Å². The van der Waals surface area contributed by atoms with Crippen LogP contribution in [-0.4, -0.2) is 32.3 Å². The summed E-state index contributed by atoms with van der Waals surface area (Å²) in [6, 6.07) is 10.1. The van der Waals surface area contributed by atoms with E-state index in [9.17, 15) is 4.79 Å². The van der Waals surface area contributed by atoms with Gasteiger partial charge in [0.2, 0.25) is 5.88 Å². The van der Waals surface area contributed by atoms with E-state index >= 15 is 0 Å². The predicted molar refractivity (Wildman–Crippen MR) is 113 cm³/mol. The summed E-state index contributed by atoms with van der Waals surface area (Å²) < 4.78 is 7.44. The van der Waals surface area contributed by atoms with Crippen molar-refractivity contribution in [2.24, 2.45) is 0 Å². The first-order chi connectivity index (χ1) is 14.0. The molecule has 148 valence electrons. The molecule has 0 saturated heterocycles. The maximum atomic E-state index is 12.3. The molecule has 0 bridgehead atoms. The largest absolute Gasteiger partial charge is 0.467 e. The molecule has 4 aromatic rings. The summed E-state index contributed by atoms with van der Waals surface area (Å²) in [5.41, 5.74) is 3.84. The van der Waals surface area contributed by atoms with E-state index in [1.165, 1.54) is 6.33 Å². The highest BCUT2D eigenvalue weighted by Crippen LogP contribution is 2.24. The van der Waals surface area contributed by atoms with Crippen LogP contribution in [0.5, 0.6) is 5.88 Å². The van der Waals surface area contributed by atoms with Gasteiger partial charge >= 0.3 is 0 Å². The van der Waals surface area contributed by atoms with E-state index in [1.54, 1.807) is 22.2 Å². The zero-order chi connectivity index (χ0) is 20.4. The zero-order valence-corrected chi connectivity index (χ0v) is 17.2. The van der Waals surface area contributed by atoms with Crippen molar-refractivity contribution >= 4 is 28.3 Å². The Balaban J connectivity index is 1.51. The molecule has 1 N–H and O–H groups in total. The van der Waals surface area contributed by atoms with Crippen LogP contribution in [0.25, 0.3) is 16.7 Å². The van der Waals surface area contributed by atoms with Crippen LogP contribution in [0.1, 0.15) is 29.0 Å². The smallest absolute Gasteiger partial charge is 0.258 e. The summed E-state index contributed by atoms with van der Waals surface area (Å²) >= 11 is 1.60. The van der Waals surface area contributed by atoms with E-state index in [4.69, 9.17) is 4.74 Å². The van der Waals surface area contributed by atoms with Crippen molar-refractivity contribution in [2.75, 3.05) is 6.61 Å². The molecule has 1 atom stereocenters. The zero-order valence-electron chi connectivity index (χ0n) is 16.4. The van der Waals surface area contributed by atoms with Gasteiger partial charge in [0.1, 0.15) is 11.7 Å². The van der Waals surface area contributed by atoms with Crippen molar-refractivity contribution in [3.05, 3.63) is 64.2 Å². The summed E-state index contributed by atoms with van der Waals surface area (Å²) in [7, 11) is 0.